The topological polar surface area (TPSA) is 0 Å². The molecule has 0 aromatic rings. The molecule has 0 rings (SSSR count). The van der Waals surface area contributed by atoms with E-state index in [4.69, 9.17) is 11.2 Å². The Balaban J connectivity index is 5.05. The third-order valence-electron chi connectivity index (χ3n) is 0.247. The fourth-order valence-electron chi connectivity index (χ4n) is 0.102. The average molecular weight is 216 g/mol. The van der Waals surface area contributed by atoms with E-state index in [-0.39, 0.29) is 7.19 Å². The Bertz CT molecular complexity index is 263. The SMILES string of the molecule is C=BP=S(=S)=S=S=S. The quantitative estimate of drug-likeness (QED) is 0.460. The van der Waals surface area contributed by atoms with E-state index in [1.165, 1.54) is 8.88 Å². The number of hydrogen-bond acceptors (Lipinski definition) is 2. The molecule has 44 valence electrons. The van der Waals surface area contributed by atoms with E-state index in [0.717, 1.165) is 7.23 Å². The van der Waals surface area contributed by atoms with Gasteiger partial charge in [-0.1, -0.05) is 0 Å². The van der Waals surface area contributed by atoms with Crippen molar-refractivity contribution in [2.24, 2.45) is 0 Å². The Morgan fingerprint density at radius 2 is 2.38 bits per heavy atom. The van der Waals surface area contributed by atoms with Crippen molar-refractivity contribution < 1.29 is 0 Å². The summed E-state index contributed by atoms with van der Waals surface area (Å²) in [5.41, 5.74) is 0. The monoisotopic (exact) mass is 216 g/mol. The second-order valence-corrected chi connectivity index (χ2v) is 11.0. The summed E-state index contributed by atoms with van der Waals surface area (Å²) in [4.78, 5) is 0. The zero-order valence-electron chi connectivity index (χ0n) is 3.77. The minimum atomic E-state index is -0.0571. The van der Waals surface area contributed by atoms with Gasteiger partial charge >= 0.3 is 67.7 Å². The first-order valence-electron chi connectivity index (χ1n) is 1.52. The minimum absolute atomic E-state index is 0.0571. The Labute approximate surface area is 67.2 Å². The van der Waals surface area contributed by atoms with Gasteiger partial charge in [0.25, 0.3) is 0 Å². The van der Waals surface area contributed by atoms with E-state index < -0.39 is 0 Å². The molecule has 0 radical (unpaired) electrons. The van der Waals surface area contributed by atoms with Crippen LogP contribution in [0.1, 0.15) is 0 Å². The maximum absolute atomic E-state index is 4.96. The molecule has 0 bridgehead atoms. The van der Waals surface area contributed by atoms with Gasteiger partial charge in [0.1, 0.15) is 0 Å². The van der Waals surface area contributed by atoms with Crippen LogP contribution in [0.5, 0.6) is 0 Å². The normalized spacial score (nSPS) is 7.50. The molecular weight excluding hydrogens is 214 g/mol. The molecule has 0 N–H and O–H groups in total. The van der Waals surface area contributed by atoms with Crippen molar-refractivity contribution >= 4 is 67.7 Å². The van der Waals surface area contributed by atoms with Crippen LogP contribution in [0.2, 0.25) is 0 Å². The van der Waals surface area contributed by atoms with Crippen LogP contribution in [0.25, 0.3) is 0 Å². The van der Waals surface area contributed by atoms with E-state index in [9.17, 15) is 0 Å². The molecule has 0 spiro atoms. The Hall–Kier alpha value is 1.33. The molecule has 7 heteroatoms. The van der Waals surface area contributed by atoms with Gasteiger partial charge in [-0.15, -0.1) is 0 Å². The van der Waals surface area contributed by atoms with Crippen molar-refractivity contribution in [2.75, 3.05) is 0 Å². The second kappa shape index (κ2) is 6.45. The summed E-state index contributed by atoms with van der Waals surface area (Å²) in [6.45, 7) is 5.35. The zero-order chi connectivity index (χ0) is 6.41. The molecular formula is CH2BPS5. The summed E-state index contributed by atoms with van der Waals surface area (Å²) >= 11 is 9.58. The Morgan fingerprint density at radius 1 is 1.75 bits per heavy atom. The standard InChI is InChI=1S/CH2BPS5/c1-2-3-8(5)7-6-4/h1H2. The molecule has 0 unspecified atom stereocenters. The fourth-order valence-corrected chi connectivity index (χ4v) is 8.84. The third kappa shape index (κ3) is 5.47. The molecule has 0 atom stereocenters. The predicted molar refractivity (Wildman–Crippen MR) is 56.6 cm³/mol. The van der Waals surface area contributed by atoms with Crippen LogP contribution < -0.4 is 0 Å². The van der Waals surface area contributed by atoms with Crippen molar-refractivity contribution in [3.05, 3.63) is 0 Å². The van der Waals surface area contributed by atoms with Gasteiger partial charge < -0.3 is 0 Å². The molecule has 0 amide bonds. The van der Waals surface area contributed by atoms with Gasteiger partial charge in [-0.2, -0.15) is 0 Å². The molecule has 0 aromatic carbocycles. The molecule has 0 nitrogen and oxygen atoms in total. The number of rotatable bonds is 1. The fraction of sp³-hybridized carbons (Fsp3) is 0. The van der Waals surface area contributed by atoms with Gasteiger partial charge in [0.2, 0.25) is 0 Å². The summed E-state index contributed by atoms with van der Waals surface area (Å²) in [6.07, 6.45) is 0. The Kier molecular flexibility index (Phi) is 7.53. The molecule has 0 aliphatic rings. The van der Waals surface area contributed by atoms with E-state index in [2.05, 4.69) is 17.7 Å². The van der Waals surface area contributed by atoms with Gasteiger partial charge in [-0.25, -0.2) is 0 Å². The molecule has 0 aliphatic carbocycles. The molecule has 0 saturated carbocycles. The van der Waals surface area contributed by atoms with E-state index in [0.29, 0.717) is 0 Å². The van der Waals surface area contributed by atoms with Crippen molar-refractivity contribution in [2.45, 2.75) is 0 Å². The van der Waals surface area contributed by atoms with E-state index >= 15 is 0 Å². The van der Waals surface area contributed by atoms with Crippen LogP contribution in [0.3, 0.4) is 0 Å². The third-order valence-corrected chi connectivity index (χ3v) is 9.96. The van der Waals surface area contributed by atoms with Gasteiger partial charge in [-0.3, -0.25) is 0 Å². The second-order valence-electron chi connectivity index (χ2n) is 0.641. The van der Waals surface area contributed by atoms with Crippen LogP contribution in [0, 0.1) is 0 Å². The first-order valence-corrected chi connectivity index (χ1v) is 8.83. The summed E-state index contributed by atoms with van der Waals surface area (Å²) in [5, 5.41) is 0. The first kappa shape index (κ1) is 9.33. The average Bonchev–Trinajstić information content (AvgIpc) is 1.68. The van der Waals surface area contributed by atoms with Gasteiger partial charge in [0.05, 0.1) is 0 Å². The molecule has 0 aromatic heterocycles. The summed E-state index contributed by atoms with van der Waals surface area (Å²) in [5.74, 6) is 0. The van der Waals surface area contributed by atoms with Gasteiger partial charge in [0, 0.05) is 0 Å². The van der Waals surface area contributed by atoms with Crippen LogP contribution in [-0.2, 0) is 47.3 Å². The summed E-state index contributed by atoms with van der Waals surface area (Å²) < 4.78 is 0. The number of hydrogen-bond donors (Lipinski definition) is 0. The van der Waals surface area contributed by atoms with Crippen LogP contribution in [0.15, 0.2) is 0 Å². The van der Waals surface area contributed by atoms with Crippen molar-refractivity contribution in [1.29, 1.82) is 0 Å². The first-order chi connectivity index (χ1) is 3.81. The van der Waals surface area contributed by atoms with E-state index in [1.54, 1.807) is 15.5 Å². The predicted octanol–water partition coefficient (Wildman–Crippen LogP) is 0.436. The van der Waals surface area contributed by atoms with Crippen LogP contribution in [0.4, 0.5) is 0 Å². The zero-order valence-corrected chi connectivity index (χ0v) is 8.75. The van der Waals surface area contributed by atoms with Crippen molar-refractivity contribution in [3.63, 3.8) is 0 Å². The molecule has 0 fully saturated rings. The van der Waals surface area contributed by atoms with Gasteiger partial charge in [-0.05, 0) is 0 Å². The summed E-state index contributed by atoms with van der Waals surface area (Å²) in [6, 6.07) is 0. The Morgan fingerprint density at radius 3 is 2.75 bits per heavy atom. The molecule has 0 aliphatic heterocycles. The summed E-state index contributed by atoms with van der Waals surface area (Å²) in [7, 11) is 3.90. The van der Waals surface area contributed by atoms with Crippen LogP contribution >= 0.6 is 7.23 Å². The molecule has 0 heterocycles. The van der Waals surface area contributed by atoms with Crippen molar-refractivity contribution in [1.82, 2.24) is 0 Å². The van der Waals surface area contributed by atoms with Crippen LogP contribution in [-0.4, -0.2) is 13.1 Å². The maximum atomic E-state index is 4.96. The van der Waals surface area contributed by atoms with Gasteiger partial charge in [0.15, 0.2) is 0 Å². The van der Waals surface area contributed by atoms with E-state index in [1.807, 2.05) is 0 Å². The molecule has 8 heavy (non-hydrogen) atoms. The molecule has 0 saturated heterocycles. The van der Waals surface area contributed by atoms with Crippen molar-refractivity contribution in [3.8, 4) is 0 Å².